The van der Waals surface area contributed by atoms with Gasteiger partial charge in [-0.15, -0.1) is 0 Å². The minimum atomic E-state index is -2.60. The van der Waals surface area contributed by atoms with Crippen LogP contribution in [0.2, 0.25) is 0 Å². The van der Waals surface area contributed by atoms with E-state index >= 15 is 0 Å². The fraction of sp³-hybridized carbons (Fsp3) is 0.273. The fourth-order valence-electron chi connectivity index (χ4n) is 2.55. The Kier molecular flexibility index (Phi) is 9.02. The predicted molar refractivity (Wildman–Crippen MR) is 112 cm³/mol. The highest BCUT2D eigenvalue weighted by molar-refractivity contribution is 7.33. The third-order valence-corrected chi connectivity index (χ3v) is 4.67. The fourth-order valence-corrected chi connectivity index (χ4v) is 3.20. The molecule has 0 aliphatic rings. The molecule has 0 unspecified atom stereocenters. The van der Waals surface area contributed by atoms with Crippen LogP contribution in [-0.2, 0) is 26.8 Å². The van der Waals surface area contributed by atoms with Gasteiger partial charge in [0.05, 0.1) is 13.2 Å². The zero-order valence-electron chi connectivity index (χ0n) is 16.4. The van der Waals surface area contributed by atoms with Gasteiger partial charge in [0.15, 0.2) is 0 Å². The minimum absolute atomic E-state index is 0.216. The normalized spacial score (nSPS) is 10.7. The molecule has 0 bridgehead atoms. The average Bonchev–Trinajstić information content (AvgIpc) is 2.69. The first kappa shape index (κ1) is 22.0. The third-order valence-electron chi connectivity index (χ3n) is 3.91. The van der Waals surface area contributed by atoms with E-state index in [1.54, 1.807) is 12.2 Å². The number of hydrogen-bond acceptors (Lipinski definition) is 5. The quantitative estimate of drug-likeness (QED) is 0.344. The Labute approximate surface area is 167 Å². The van der Waals surface area contributed by atoms with Gasteiger partial charge in [-0.3, -0.25) is 4.57 Å². The van der Waals surface area contributed by atoms with Crippen LogP contribution < -0.4 is 9.47 Å². The van der Waals surface area contributed by atoms with Crippen molar-refractivity contribution in [3.05, 3.63) is 84.0 Å². The molecule has 28 heavy (non-hydrogen) atoms. The molecule has 150 valence electrons. The number of benzene rings is 2. The first-order valence-corrected chi connectivity index (χ1v) is 10.2. The molecule has 0 N–H and O–H groups in total. The molecule has 0 amide bonds. The van der Waals surface area contributed by atoms with Crippen LogP contribution in [0.5, 0.6) is 11.5 Å². The van der Waals surface area contributed by atoms with E-state index in [-0.39, 0.29) is 13.2 Å². The Morgan fingerprint density at radius 1 is 0.821 bits per heavy atom. The van der Waals surface area contributed by atoms with Crippen LogP contribution in [-0.4, -0.2) is 13.2 Å². The lowest BCUT2D eigenvalue weighted by atomic mass is 10.1. The van der Waals surface area contributed by atoms with Gasteiger partial charge in [0, 0.05) is 0 Å². The molecule has 0 fully saturated rings. The SMILES string of the molecule is C=CCOc1ccc(CO[PH](=O)OCc2ccc(OCC=C)c(C)c2)cc1C. The summed E-state index contributed by atoms with van der Waals surface area (Å²) in [5, 5.41) is 0. The van der Waals surface area contributed by atoms with Gasteiger partial charge in [0.1, 0.15) is 24.7 Å². The maximum absolute atomic E-state index is 12.0. The summed E-state index contributed by atoms with van der Waals surface area (Å²) in [6.45, 7) is 12.5. The van der Waals surface area contributed by atoms with Crippen LogP contribution in [0.4, 0.5) is 0 Å². The minimum Gasteiger partial charge on any atom is -0.489 e. The van der Waals surface area contributed by atoms with E-state index in [0.717, 1.165) is 33.8 Å². The van der Waals surface area contributed by atoms with Gasteiger partial charge in [-0.25, -0.2) is 0 Å². The van der Waals surface area contributed by atoms with Crippen LogP contribution >= 0.6 is 8.25 Å². The molecule has 0 saturated heterocycles. The van der Waals surface area contributed by atoms with E-state index in [4.69, 9.17) is 18.5 Å². The Bertz CT molecular complexity index is 764. The standard InChI is InChI=1S/C22H27O5P/c1-5-11-24-21-9-7-19(13-17(21)3)15-26-28(23)27-16-20-8-10-22(18(4)14-20)25-12-6-2/h5-10,13-14,28H,1-2,11-12,15-16H2,3-4H3. The van der Waals surface area contributed by atoms with Gasteiger partial charge in [-0.1, -0.05) is 49.6 Å². The molecule has 0 aliphatic heterocycles. The number of rotatable bonds is 12. The van der Waals surface area contributed by atoms with Gasteiger partial charge in [-0.05, 0) is 48.2 Å². The van der Waals surface area contributed by atoms with Crippen molar-refractivity contribution in [2.75, 3.05) is 13.2 Å². The van der Waals surface area contributed by atoms with Crippen molar-refractivity contribution in [1.82, 2.24) is 0 Å². The van der Waals surface area contributed by atoms with E-state index in [1.165, 1.54) is 0 Å². The van der Waals surface area contributed by atoms with Crippen LogP contribution in [0.15, 0.2) is 61.7 Å². The number of ether oxygens (including phenoxy) is 2. The second-order valence-electron chi connectivity index (χ2n) is 6.23. The molecule has 0 spiro atoms. The van der Waals surface area contributed by atoms with Gasteiger partial charge in [0.25, 0.3) is 0 Å². The second kappa shape index (κ2) is 11.5. The molecule has 2 aromatic rings. The van der Waals surface area contributed by atoms with E-state index in [9.17, 15) is 4.57 Å². The van der Waals surface area contributed by atoms with Crippen LogP contribution in [0.3, 0.4) is 0 Å². The van der Waals surface area contributed by atoms with Gasteiger partial charge in [0.2, 0.25) is 0 Å². The van der Waals surface area contributed by atoms with Crippen molar-refractivity contribution in [2.24, 2.45) is 0 Å². The monoisotopic (exact) mass is 402 g/mol. The first-order valence-electron chi connectivity index (χ1n) is 8.99. The van der Waals surface area contributed by atoms with Crippen molar-refractivity contribution >= 4 is 8.25 Å². The maximum Gasteiger partial charge on any atom is 0.319 e. The summed E-state index contributed by atoms with van der Waals surface area (Å²) in [7, 11) is -2.60. The maximum atomic E-state index is 12.0. The summed E-state index contributed by atoms with van der Waals surface area (Å²) in [6.07, 6.45) is 3.40. The summed E-state index contributed by atoms with van der Waals surface area (Å²) >= 11 is 0. The molecule has 0 radical (unpaired) electrons. The summed E-state index contributed by atoms with van der Waals surface area (Å²) in [5.41, 5.74) is 3.78. The molecule has 0 heterocycles. The first-order chi connectivity index (χ1) is 13.5. The Morgan fingerprint density at radius 2 is 1.25 bits per heavy atom. The van der Waals surface area contributed by atoms with E-state index in [1.807, 2.05) is 50.2 Å². The summed E-state index contributed by atoms with van der Waals surface area (Å²) in [6, 6.07) is 11.4. The molecule has 0 aromatic heterocycles. The molecular weight excluding hydrogens is 375 g/mol. The van der Waals surface area contributed by atoms with E-state index in [2.05, 4.69) is 13.2 Å². The van der Waals surface area contributed by atoms with Crippen molar-refractivity contribution in [2.45, 2.75) is 27.1 Å². The Balaban J connectivity index is 1.81. The van der Waals surface area contributed by atoms with Crippen LogP contribution in [0.1, 0.15) is 22.3 Å². The molecule has 2 aromatic carbocycles. The van der Waals surface area contributed by atoms with Crippen LogP contribution in [0.25, 0.3) is 0 Å². The highest BCUT2D eigenvalue weighted by Crippen LogP contribution is 2.29. The Morgan fingerprint density at radius 3 is 1.61 bits per heavy atom. The van der Waals surface area contributed by atoms with Crippen molar-refractivity contribution in [3.8, 4) is 11.5 Å². The molecule has 5 nitrogen and oxygen atoms in total. The lowest BCUT2D eigenvalue weighted by Crippen LogP contribution is -1.97. The third kappa shape index (κ3) is 7.01. The molecular formula is C22H27O5P. The highest BCUT2D eigenvalue weighted by atomic mass is 31.1. The number of hydrogen-bond donors (Lipinski definition) is 0. The summed E-state index contributed by atoms with van der Waals surface area (Å²) in [4.78, 5) is 0. The Hall–Kier alpha value is -2.33. The highest BCUT2D eigenvalue weighted by Gasteiger charge is 2.06. The molecule has 6 heteroatoms. The van der Waals surface area contributed by atoms with E-state index < -0.39 is 8.25 Å². The van der Waals surface area contributed by atoms with Gasteiger partial charge < -0.3 is 18.5 Å². The topological polar surface area (TPSA) is 54.0 Å². The lowest BCUT2D eigenvalue weighted by molar-refractivity contribution is 0.212. The molecule has 0 atom stereocenters. The zero-order chi connectivity index (χ0) is 20.4. The summed E-state index contributed by atoms with van der Waals surface area (Å²) < 4.78 is 33.9. The van der Waals surface area contributed by atoms with Crippen molar-refractivity contribution < 1.29 is 23.1 Å². The number of aryl methyl sites for hydroxylation is 2. The molecule has 0 aliphatic carbocycles. The average molecular weight is 402 g/mol. The van der Waals surface area contributed by atoms with Crippen molar-refractivity contribution in [3.63, 3.8) is 0 Å². The van der Waals surface area contributed by atoms with E-state index in [0.29, 0.717) is 13.2 Å². The van der Waals surface area contributed by atoms with Crippen LogP contribution in [0, 0.1) is 13.8 Å². The van der Waals surface area contributed by atoms with Gasteiger partial charge in [-0.2, -0.15) is 0 Å². The summed E-state index contributed by atoms with van der Waals surface area (Å²) in [5.74, 6) is 1.59. The zero-order valence-corrected chi connectivity index (χ0v) is 17.4. The lowest BCUT2D eigenvalue weighted by Gasteiger charge is -2.11. The predicted octanol–water partition coefficient (Wildman–Crippen LogP) is 5.56. The van der Waals surface area contributed by atoms with Gasteiger partial charge >= 0.3 is 8.25 Å². The largest absolute Gasteiger partial charge is 0.489 e. The smallest absolute Gasteiger partial charge is 0.319 e. The molecule has 2 rings (SSSR count). The second-order valence-corrected chi connectivity index (χ2v) is 7.30. The molecule has 0 saturated carbocycles. The van der Waals surface area contributed by atoms with Crippen molar-refractivity contribution in [1.29, 1.82) is 0 Å².